The Labute approximate surface area is 167 Å². The average Bonchev–Trinajstić information content (AvgIpc) is 3.23. The number of hydrogen-bond acceptors (Lipinski definition) is 3. The van der Waals surface area contributed by atoms with Crippen LogP contribution in [0.1, 0.15) is 81.7 Å². The van der Waals surface area contributed by atoms with Crippen LogP contribution in [0.5, 0.6) is 0 Å². The fourth-order valence-corrected chi connectivity index (χ4v) is 3.06. The molecular formula is C23H32N2O3. The Morgan fingerprint density at radius 3 is 1.93 bits per heavy atom. The second-order valence-electron chi connectivity index (χ2n) is 7.14. The van der Waals surface area contributed by atoms with Gasteiger partial charge in [-0.15, -0.1) is 0 Å². The maximum absolute atomic E-state index is 12.0. The molecule has 0 spiro atoms. The lowest BCUT2D eigenvalue weighted by Crippen LogP contribution is -2.12. The molecule has 0 atom stereocenters. The molecule has 0 aliphatic rings. The number of anilines is 2. The van der Waals surface area contributed by atoms with Crippen molar-refractivity contribution in [3.8, 4) is 0 Å². The first kappa shape index (κ1) is 21.7. The van der Waals surface area contributed by atoms with Crippen molar-refractivity contribution in [2.45, 2.75) is 71.1 Å². The maximum Gasteiger partial charge on any atom is 0.291 e. The quantitative estimate of drug-likeness (QED) is 0.393. The van der Waals surface area contributed by atoms with E-state index in [1.54, 1.807) is 36.4 Å². The van der Waals surface area contributed by atoms with Crippen molar-refractivity contribution in [1.82, 2.24) is 0 Å². The van der Waals surface area contributed by atoms with Crippen LogP contribution in [0.15, 0.2) is 47.1 Å². The van der Waals surface area contributed by atoms with Gasteiger partial charge < -0.3 is 15.1 Å². The van der Waals surface area contributed by atoms with Crippen molar-refractivity contribution in [3.63, 3.8) is 0 Å². The first-order valence-electron chi connectivity index (χ1n) is 10.4. The number of carbonyl (C=O) groups is 2. The van der Waals surface area contributed by atoms with Crippen molar-refractivity contribution in [3.05, 3.63) is 48.4 Å². The van der Waals surface area contributed by atoms with Gasteiger partial charge in [0.15, 0.2) is 5.76 Å². The summed E-state index contributed by atoms with van der Waals surface area (Å²) in [7, 11) is 0. The van der Waals surface area contributed by atoms with Gasteiger partial charge in [0, 0.05) is 17.8 Å². The first-order chi connectivity index (χ1) is 13.7. The summed E-state index contributed by atoms with van der Waals surface area (Å²) in [6.45, 7) is 2.24. The first-order valence-corrected chi connectivity index (χ1v) is 10.4. The topological polar surface area (TPSA) is 71.3 Å². The smallest absolute Gasteiger partial charge is 0.291 e. The van der Waals surface area contributed by atoms with E-state index in [0.29, 0.717) is 12.1 Å². The van der Waals surface area contributed by atoms with Gasteiger partial charge in [-0.05, 0) is 42.8 Å². The minimum Gasteiger partial charge on any atom is -0.459 e. The molecule has 0 aliphatic heterocycles. The largest absolute Gasteiger partial charge is 0.459 e. The molecule has 0 unspecified atom stereocenters. The van der Waals surface area contributed by atoms with Crippen LogP contribution >= 0.6 is 0 Å². The van der Waals surface area contributed by atoms with Gasteiger partial charge in [0.05, 0.1) is 6.26 Å². The number of amides is 2. The zero-order chi connectivity index (χ0) is 20.0. The molecule has 2 N–H and O–H groups in total. The third kappa shape index (κ3) is 8.42. The van der Waals surface area contributed by atoms with E-state index >= 15 is 0 Å². The predicted molar refractivity (Wildman–Crippen MR) is 114 cm³/mol. The number of rotatable bonds is 13. The highest BCUT2D eigenvalue weighted by Crippen LogP contribution is 2.16. The number of unbranched alkanes of at least 4 members (excludes halogenated alkanes) is 8. The lowest BCUT2D eigenvalue weighted by molar-refractivity contribution is -0.116. The lowest BCUT2D eigenvalue weighted by atomic mass is 10.1. The van der Waals surface area contributed by atoms with Crippen LogP contribution in [-0.2, 0) is 4.79 Å². The van der Waals surface area contributed by atoms with E-state index in [4.69, 9.17) is 4.42 Å². The molecule has 1 aromatic heterocycles. The normalized spacial score (nSPS) is 10.6. The van der Waals surface area contributed by atoms with Crippen LogP contribution in [0.25, 0.3) is 0 Å². The maximum atomic E-state index is 12.0. The van der Waals surface area contributed by atoms with Crippen LogP contribution in [0, 0.1) is 0 Å². The molecule has 0 fully saturated rings. The lowest BCUT2D eigenvalue weighted by Gasteiger charge is -2.07. The highest BCUT2D eigenvalue weighted by Gasteiger charge is 2.08. The Morgan fingerprint density at radius 1 is 0.786 bits per heavy atom. The van der Waals surface area contributed by atoms with Gasteiger partial charge in [-0.25, -0.2) is 0 Å². The van der Waals surface area contributed by atoms with Crippen molar-refractivity contribution < 1.29 is 14.0 Å². The number of carbonyl (C=O) groups excluding carboxylic acids is 2. The number of furan rings is 1. The summed E-state index contributed by atoms with van der Waals surface area (Å²) in [5, 5.41) is 5.65. The molecule has 28 heavy (non-hydrogen) atoms. The van der Waals surface area contributed by atoms with Crippen molar-refractivity contribution in [2.24, 2.45) is 0 Å². The number of nitrogens with one attached hydrogen (secondary N) is 2. The third-order valence-electron chi connectivity index (χ3n) is 4.68. The summed E-state index contributed by atoms with van der Waals surface area (Å²) in [5.41, 5.74) is 1.38. The van der Waals surface area contributed by atoms with Crippen LogP contribution < -0.4 is 10.6 Å². The van der Waals surface area contributed by atoms with Gasteiger partial charge in [-0.2, -0.15) is 0 Å². The summed E-state index contributed by atoms with van der Waals surface area (Å²) in [5.74, 6) is 0.000745. The molecule has 1 heterocycles. The molecule has 0 saturated carbocycles. The molecule has 0 saturated heterocycles. The summed E-state index contributed by atoms with van der Waals surface area (Å²) in [4.78, 5) is 24.0. The summed E-state index contributed by atoms with van der Waals surface area (Å²) < 4.78 is 5.06. The van der Waals surface area contributed by atoms with Gasteiger partial charge in [0.25, 0.3) is 5.91 Å². The minimum atomic E-state index is -0.299. The Bertz CT molecular complexity index is 693. The molecule has 5 nitrogen and oxygen atoms in total. The van der Waals surface area contributed by atoms with E-state index in [0.717, 1.165) is 18.5 Å². The van der Waals surface area contributed by atoms with Gasteiger partial charge in [-0.1, -0.05) is 58.3 Å². The fourth-order valence-electron chi connectivity index (χ4n) is 3.06. The van der Waals surface area contributed by atoms with Crippen LogP contribution in [0.4, 0.5) is 11.4 Å². The van der Waals surface area contributed by atoms with Crippen LogP contribution in [0.3, 0.4) is 0 Å². The van der Waals surface area contributed by atoms with E-state index in [1.165, 1.54) is 51.2 Å². The number of benzene rings is 1. The molecule has 0 aliphatic carbocycles. The Balaban J connectivity index is 1.58. The van der Waals surface area contributed by atoms with E-state index in [2.05, 4.69) is 17.6 Å². The third-order valence-corrected chi connectivity index (χ3v) is 4.68. The minimum absolute atomic E-state index is 0.0373. The Morgan fingerprint density at radius 2 is 1.36 bits per heavy atom. The standard InChI is InChI=1S/C23H32N2O3/c1-2-3-4-5-6-7-8-9-10-13-22(26)24-19-14-16-20(17-15-19)25-23(27)21-12-11-18-28-21/h11-12,14-18H,2-10,13H2,1H3,(H,24,26)(H,25,27). The van der Waals surface area contributed by atoms with Gasteiger partial charge in [0.2, 0.25) is 5.91 Å². The fraction of sp³-hybridized carbons (Fsp3) is 0.478. The second-order valence-corrected chi connectivity index (χ2v) is 7.14. The SMILES string of the molecule is CCCCCCCCCCCC(=O)Nc1ccc(NC(=O)c2ccco2)cc1. The van der Waals surface area contributed by atoms with Gasteiger partial charge in [-0.3, -0.25) is 9.59 Å². The van der Waals surface area contributed by atoms with Crippen LogP contribution in [0.2, 0.25) is 0 Å². The molecule has 0 bridgehead atoms. The molecule has 0 radical (unpaired) electrons. The zero-order valence-electron chi connectivity index (χ0n) is 16.8. The highest BCUT2D eigenvalue weighted by atomic mass is 16.3. The highest BCUT2D eigenvalue weighted by molar-refractivity contribution is 6.02. The number of hydrogen-bond donors (Lipinski definition) is 2. The van der Waals surface area contributed by atoms with E-state index < -0.39 is 0 Å². The van der Waals surface area contributed by atoms with Gasteiger partial charge >= 0.3 is 0 Å². The Hall–Kier alpha value is -2.56. The second kappa shape index (κ2) is 12.8. The molecular weight excluding hydrogens is 352 g/mol. The molecule has 2 amide bonds. The summed E-state index contributed by atoms with van der Waals surface area (Å²) in [6.07, 6.45) is 13.2. The Kier molecular flexibility index (Phi) is 9.91. The summed E-state index contributed by atoms with van der Waals surface area (Å²) in [6, 6.07) is 10.4. The molecule has 152 valence electrons. The van der Waals surface area contributed by atoms with Crippen molar-refractivity contribution in [2.75, 3.05) is 10.6 Å². The molecule has 5 heteroatoms. The predicted octanol–water partition coefficient (Wildman–Crippen LogP) is 6.39. The van der Waals surface area contributed by atoms with Crippen molar-refractivity contribution >= 4 is 23.2 Å². The molecule has 2 aromatic rings. The molecule has 1 aromatic carbocycles. The average molecular weight is 385 g/mol. The molecule has 2 rings (SSSR count). The van der Waals surface area contributed by atoms with Crippen LogP contribution in [-0.4, -0.2) is 11.8 Å². The zero-order valence-corrected chi connectivity index (χ0v) is 16.8. The van der Waals surface area contributed by atoms with Gasteiger partial charge in [0.1, 0.15) is 0 Å². The van der Waals surface area contributed by atoms with E-state index in [1.807, 2.05) is 0 Å². The monoisotopic (exact) mass is 384 g/mol. The summed E-state index contributed by atoms with van der Waals surface area (Å²) >= 11 is 0. The van der Waals surface area contributed by atoms with E-state index in [-0.39, 0.29) is 17.6 Å². The van der Waals surface area contributed by atoms with E-state index in [9.17, 15) is 9.59 Å². The van der Waals surface area contributed by atoms with Crippen molar-refractivity contribution in [1.29, 1.82) is 0 Å².